The Labute approximate surface area is 101 Å². The molecule has 0 saturated carbocycles. The molecule has 2 atom stereocenters. The second-order valence-electron chi connectivity index (χ2n) is 6.35. The maximum absolute atomic E-state index is 3.57. The van der Waals surface area contributed by atoms with Crippen LogP contribution in [0.4, 0.5) is 0 Å². The van der Waals surface area contributed by atoms with Crippen molar-refractivity contribution in [2.24, 2.45) is 11.3 Å². The van der Waals surface area contributed by atoms with Gasteiger partial charge < -0.3 is 5.32 Å². The van der Waals surface area contributed by atoms with Crippen LogP contribution in [-0.2, 0) is 0 Å². The first kappa shape index (κ1) is 12.4. The summed E-state index contributed by atoms with van der Waals surface area (Å²) in [7, 11) is 0. The van der Waals surface area contributed by atoms with E-state index >= 15 is 0 Å². The number of piperidine rings is 2. The van der Waals surface area contributed by atoms with E-state index in [1.54, 1.807) is 0 Å². The van der Waals surface area contributed by atoms with Crippen LogP contribution < -0.4 is 5.32 Å². The topological polar surface area (TPSA) is 15.3 Å². The molecule has 0 spiro atoms. The van der Waals surface area contributed by atoms with E-state index in [1.807, 2.05) is 0 Å². The van der Waals surface area contributed by atoms with E-state index < -0.39 is 0 Å². The Hall–Kier alpha value is -0.0800. The first-order chi connectivity index (χ1) is 7.63. The van der Waals surface area contributed by atoms with Crippen molar-refractivity contribution in [3.8, 4) is 0 Å². The first-order valence-electron chi connectivity index (χ1n) is 7.08. The highest BCUT2D eigenvalue weighted by atomic mass is 15.2. The molecule has 0 bridgehead atoms. The highest BCUT2D eigenvalue weighted by Crippen LogP contribution is 2.35. The minimum Gasteiger partial charge on any atom is -0.315 e. The molecule has 2 fully saturated rings. The van der Waals surface area contributed by atoms with Crippen LogP contribution in [0.25, 0.3) is 0 Å². The Bertz CT molecular complexity index is 219. The molecule has 2 rings (SSSR count). The van der Waals surface area contributed by atoms with Crippen LogP contribution in [0, 0.1) is 11.3 Å². The minimum atomic E-state index is 0.629. The van der Waals surface area contributed by atoms with Crippen molar-refractivity contribution in [3.63, 3.8) is 0 Å². The van der Waals surface area contributed by atoms with E-state index in [1.165, 1.54) is 51.9 Å². The van der Waals surface area contributed by atoms with Crippen LogP contribution in [0.3, 0.4) is 0 Å². The molecule has 2 saturated heterocycles. The molecule has 0 aromatic rings. The van der Waals surface area contributed by atoms with E-state index in [-0.39, 0.29) is 0 Å². The molecule has 1 N–H and O–H groups in total. The zero-order valence-electron chi connectivity index (χ0n) is 11.3. The molecule has 16 heavy (non-hydrogen) atoms. The average Bonchev–Trinajstić information content (AvgIpc) is 2.30. The van der Waals surface area contributed by atoms with Gasteiger partial charge in [-0.25, -0.2) is 0 Å². The van der Waals surface area contributed by atoms with Gasteiger partial charge in [-0.2, -0.15) is 0 Å². The number of nitrogens with one attached hydrogen (secondary N) is 1. The first-order valence-corrected chi connectivity index (χ1v) is 7.08. The molecular formula is C14H28N2. The summed E-state index contributed by atoms with van der Waals surface area (Å²) in [4.78, 5) is 2.74. The van der Waals surface area contributed by atoms with Crippen molar-refractivity contribution >= 4 is 0 Å². The summed E-state index contributed by atoms with van der Waals surface area (Å²) in [5, 5.41) is 3.57. The van der Waals surface area contributed by atoms with Crippen LogP contribution in [-0.4, -0.2) is 37.1 Å². The van der Waals surface area contributed by atoms with Gasteiger partial charge in [0.1, 0.15) is 0 Å². The van der Waals surface area contributed by atoms with Crippen molar-refractivity contribution in [2.45, 2.75) is 52.5 Å². The van der Waals surface area contributed by atoms with Gasteiger partial charge in [0, 0.05) is 12.6 Å². The van der Waals surface area contributed by atoms with Crippen molar-refractivity contribution < 1.29 is 0 Å². The van der Waals surface area contributed by atoms with E-state index in [0.29, 0.717) is 5.41 Å². The summed E-state index contributed by atoms with van der Waals surface area (Å²) in [6, 6.07) is 0.810. The second kappa shape index (κ2) is 5.05. The van der Waals surface area contributed by atoms with Crippen molar-refractivity contribution in [1.29, 1.82) is 0 Å². The zero-order valence-corrected chi connectivity index (χ0v) is 11.3. The van der Waals surface area contributed by atoms with Crippen LogP contribution in [0.5, 0.6) is 0 Å². The number of hydrogen-bond acceptors (Lipinski definition) is 2. The normalized spacial score (nSPS) is 36.2. The molecule has 2 heteroatoms. The number of likely N-dealkylation sites (tertiary alicyclic amines) is 1. The van der Waals surface area contributed by atoms with Gasteiger partial charge in [-0.3, -0.25) is 4.90 Å². The Morgan fingerprint density at radius 3 is 2.50 bits per heavy atom. The quantitative estimate of drug-likeness (QED) is 0.775. The molecular weight excluding hydrogens is 196 g/mol. The lowest BCUT2D eigenvalue weighted by molar-refractivity contribution is 0.0625. The largest absolute Gasteiger partial charge is 0.315 e. The molecule has 0 aliphatic carbocycles. The molecule has 2 aliphatic rings. The zero-order chi connectivity index (χ0) is 11.6. The van der Waals surface area contributed by atoms with Gasteiger partial charge in [0.2, 0.25) is 0 Å². The van der Waals surface area contributed by atoms with E-state index in [0.717, 1.165) is 12.0 Å². The number of hydrogen-bond donors (Lipinski definition) is 1. The predicted octanol–water partition coefficient (Wildman–Crippen LogP) is 2.50. The van der Waals surface area contributed by atoms with Gasteiger partial charge in [0.25, 0.3) is 0 Å². The molecule has 2 heterocycles. The lowest BCUT2D eigenvalue weighted by Gasteiger charge is -2.44. The molecule has 94 valence electrons. The Morgan fingerprint density at radius 1 is 1.25 bits per heavy atom. The van der Waals surface area contributed by atoms with E-state index in [2.05, 4.69) is 31.0 Å². The average molecular weight is 224 g/mol. The number of nitrogens with zero attached hydrogens (tertiary/aromatic N) is 1. The Balaban J connectivity index is 1.84. The molecule has 2 aliphatic heterocycles. The summed E-state index contributed by atoms with van der Waals surface area (Å²) in [5.74, 6) is 0.859. The molecule has 0 aromatic carbocycles. The second-order valence-corrected chi connectivity index (χ2v) is 6.35. The third-order valence-corrected chi connectivity index (χ3v) is 4.92. The fourth-order valence-electron chi connectivity index (χ4n) is 3.19. The van der Waals surface area contributed by atoms with E-state index in [4.69, 9.17) is 0 Å². The fourth-order valence-corrected chi connectivity index (χ4v) is 3.19. The minimum absolute atomic E-state index is 0.629. The van der Waals surface area contributed by atoms with Crippen LogP contribution in [0.2, 0.25) is 0 Å². The molecule has 0 radical (unpaired) electrons. The maximum Gasteiger partial charge on any atom is 0.0223 e. The monoisotopic (exact) mass is 224 g/mol. The van der Waals surface area contributed by atoms with E-state index in [9.17, 15) is 0 Å². The van der Waals surface area contributed by atoms with Gasteiger partial charge in [-0.05, 0) is 50.2 Å². The summed E-state index contributed by atoms with van der Waals surface area (Å²) >= 11 is 0. The molecule has 0 amide bonds. The van der Waals surface area contributed by atoms with Gasteiger partial charge in [0.05, 0.1) is 0 Å². The van der Waals surface area contributed by atoms with Crippen molar-refractivity contribution in [1.82, 2.24) is 10.2 Å². The van der Waals surface area contributed by atoms with Gasteiger partial charge >= 0.3 is 0 Å². The van der Waals surface area contributed by atoms with Gasteiger partial charge in [-0.1, -0.05) is 27.2 Å². The highest BCUT2D eigenvalue weighted by molar-refractivity contribution is 4.87. The lowest BCUT2D eigenvalue weighted by Crippen LogP contribution is -2.52. The lowest BCUT2D eigenvalue weighted by atomic mass is 9.77. The number of rotatable bonds is 2. The molecule has 0 aromatic heterocycles. The highest BCUT2D eigenvalue weighted by Gasteiger charge is 2.32. The third-order valence-electron chi connectivity index (χ3n) is 4.92. The van der Waals surface area contributed by atoms with Crippen molar-refractivity contribution in [2.75, 3.05) is 26.2 Å². The Morgan fingerprint density at radius 2 is 1.94 bits per heavy atom. The van der Waals surface area contributed by atoms with Gasteiger partial charge in [0.15, 0.2) is 0 Å². The summed E-state index contributed by atoms with van der Waals surface area (Å²) in [5.41, 5.74) is 0.629. The molecule has 2 unspecified atom stereocenters. The predicted molar refractivity (Wildman–Crippen MR) is 69.6 cm³/mol. The smallest absolute Gasteiger partial charge is 0.0223 e. The summed E-state index contributed by atoms with van der Waals surface area (Å²) in [6.45, 7) is 12.3. The fraction of sp³-hybridized carbons (Fsp3) is 1.00. The van der Waals surface area contributed by atoms with Crippen molar-refractivity contribution in [3.05, 3.63) is 0 Å². The van der Waals surface area contributed by atoms with Crippen LogP contribution in [0.15, 0.2) is 0 Å². The molecule has 2 nitrogen and oxygen atoms in total. The SMILES string of the molecule is CCC1(C)CCN(C2CNCC(C)C2)CC1. The Kier molecular flexibility index (Phi) is 3.91. The maximum atomic E-state index is 3.57. The summed E-state index contributed by atoms with van der Waals surface area (Å²) < 4.78 is 0. The van der Waals surface area contributed by atoms with Gasteiger partial charge in [-0.15, -0.1) is 0 Å². The third kappa shape index (κ3) is 2.78. The summed E-state index contributed by atoms with van der Waals surface area (Å²) in [6.07, 6.45) is 5.54. The van der Waals surface area contributed by atoms with Crippen LogP contribution in [0.1, 0.15) is 46.5 Å². The van der Waals surface area contributed by atoms with Crippen LogP contribution >= 0.6 is 0 Å². The standard InChI is InChI=1S/C14H28N2/c1-4-14(3)5-7-16(8-6-14)13-9-12(2)10-15-11-13/h12-13,15H,4-11H2,1-3H3.